The molecule has 1 amide bonds. The summed E-state index contributed by atoms with van der Waals surface area (Å²) in [5, 5.41) is 0. The van der Waals surface area contributed by atoms with Gasteiger partial charge in [0, 0.05) is 13.6 Å². The van der Waals surface area contributed by atoms with E-state index >= 15 is 0 Å². The highest BCUT2D eigenvalue weighted by atomic mass is 19.1. The average Bonchev–Trinajstić information content (AvgIpc) is 2.22. The Labute approximate surface area is 89.0 Å². The maximum absolute atomic E-state index is 12.6. The monoisotopic (exact) mass is 207 g/mol. The summed E-state index contributed by atoms with van der Waals surface area (Å²) in [7, 11) is 1.71. The Hall–Kier alpha value is -1.64. The van der Waals surface area contributed by atoms with E-state index in [2.05, 4.69) is 0 Å². The lowest BCUT2D eigenvalue weighted by Gasteiger charge is -2.14. The van der Waals surface area contributed by atoms with Crippen LogP contribution in [0.15, 0.2) is 36.4 Å². The van der Waals surface area contributed by atoms with Crippen molar-refractivity contribution in [3.63, 3.8) is 0 Å². The number of rotatable bonds is 3. The summed E-state index contributed by atoms with van der Waals surface area (Å²) in [4.78, 5) is 13.0. The molecule has 0 atom stereocenters. The minimum atomic E-state index is -0.263. The number of benzene rings is 1. The molecule has 0 fully saturated rings. The standard InChI is InChI=1S/C12H14FNO/c1-3-4-12(15)14(2)9-10-5-7-11(13)8-6-10/h3-8H,9H2,1-2H3/b4-3+. The smallest absolute Gasteiger partial charge is 0.246 e. The van der Waals surface area contributed by atoms with Crippen LogP contribution in [0.5, 0.6) is 0 Å². The summed E-state index contributed by atoms with van der Waals surface area (Å²) in [6, 6.07) is 6.14. The summed E-state index contributed by atoms with van der Waals surface area (Å²) in [6.45, 7) is 2.28. The number of halogens is 1. The van der Waals surface area contributed by atoms with Crippen LogP contribution in [0, 0.1) is 5.82 Å². The lowest BCUT2D eigenvalue weighted by Crippen LogP contribution is -2.24. The first-order valence-electron chi connectivity index (χ1n) is 4.75. The molecule has 0 unspecified atom stereocenters. The molecule has 80 valence electrons. The highest BCUT2D eigenvalue weighted by molar-refractivity contribution is 5.87. The van der Waals surface area contributed by atoms with E-state index < -0.39 is 0 Å². The lowest BCUT2D eigenvalue weighted by molar-refractivity contribution is -0.125. The SMILES string of the molecule is C/C=C/C(=O)N(C)Cc1ccc(F)cc1. The minimum absolute atomic E-state index is 0.0539. The second-order valence-corrected chi connectivity index (χ2v) is 3.32. The van der Waals surface area contributed by atoms with Gasteiger partial charge < -0.3 is 4.90 Å². The van der Waals surface area contributed by atoms with Crippen molar-refractivity contribution in [1.29, 1.82) is 0 Å². The van der Waals surface area contributed by atoms with Gasteiger partial charge >= 0.3 is 0 Å². The molecule has 15 heavy (non-hydrogen) atoms. The van der Waals surface area contributed by atoms with Crippen LogP contribution in [0.1, 0.15) is 12.5 Å². The fourth-order valence-corrected chi connectivity index (χ4v) is 1.21. The third-order valence-electron chi connectivity index (χ3n) is 2.02. The zero-order valence-corrected chi connectivity index (χ0v) is 8.90. The first-order chi connectivity index (χ1) is 7.13. The van der Waals surface area contributed by atoms with Crippen molar-refractivity contribution in [2.45, 2.75) is 13.5 Å². The number of hydrogen-bond donors (Lipinski definition) is 0. The largest absolute Gasteiger partial charge is 0.338 e. The summed E-state index contributed by atoms with van der Waals surface area (Å²) >= 11 is 0. The molecular formula is C12H14FNO. The number of likely N-dealkylation sites (N-methyl/N-ethyl adjacent to an activating group) is 1. The van der Waals surface area contributed by atoms with Gasteiger partial charge in [-0.25, -0.2) is 4.39 Å². The Bertz CT molecular complexity index is 356. The maximum Gasteiger partial charge on any atom is 0.246 e. The quantitative estimate of drug-likeness (QED) is 0.697. The molecule has 0 aliphatic heterocycles. The van der Waals surface area contributed by atoms with E-state index in [9.17, 15) is 9.18 Å². The second-order valence-electron chi connectivity index (χ2n) is 3.32. The van der Waals surface area contributed by atoms with Gasteiger partial charge in [-0.3, -0.25) is 4.79 Å². The molecule has 0 aliphatic rings. The molecule has 0 N–H and O–H groups in total. The molecule has 1 aromatic carbocycles. The Kier molecular flexibility index (Phi) is 4.03. The van der Waals surface area contributed by atoms with Crippen molar-refractivity contribution < 1.29 is 9.18 Å². The van der Waals surface area contributed by atoms with Crippen molar-refractivity contribution >= 4 is 5.91 Å². The van der Waals surface area contributed by atoms with E-state index in [1.54, 1.807) is 37.1 Å². The van der Waals surface area contributed by atoms with Gasteiger partial charge in [0.15, 0.2) is 0 Å². The second kappa shape index (κ2) is 5.29. The van der Waals surface area contributed by atoms with Crippen LogP contribution in [0.3, 0.4) is 0 Å². The Balaban J connectivity index is 2.62. The molecular weight excluding hydrogens is 193 g/mol. The first-order valence-corrected chi connectivity index (χ1v) is 4.75. The Morgan fingerprint density at radius 3 is 2.53 bits per heavy atom. The van der Waals surface area contributed by atoms with E-state index in [-0.39, 0.29) is 11.7 Å². The zero-order valence-electron chi connectivity index (χ0n) is 8.90. The Morgan fingerprint density at radius 1 is 1.40 bits per heavy atom. The summed E-state index contributed by atoms with van der Waals surface area (Å²) in [6.07, 6.45) is 3.20. The van der Waals surface area contributed by atoms with E-state index in [1.165, 1.54) is 18.2 Å². The normalized spacial score (nSPS) is 10.6. The number of carbonyl (C=O) groups excluding carboxylic acids is 1. The van der Waals surface area contributed by atoms with E-state index in [1.807, 2.05) is 0 Å². The summed E-state index contributed by atoms with van der Waals surface area (Å²) < 4.78 is 12.6. The molecule has 0 heterocycles. The predicted octanol–water partition coefficient (Wildman–Crippen LogP) is 2.36. The Morgan fingerprint density at radius 2 is 2.00 bits per heavy atom. The highest BCUT2D eigenvalue weighted by Gasteiger charge is 2.04. The van der Waals surface area contributed by atoms with Crippen molar-refractivity contribution in [1.82, 2.24) is 4.90 Å². The third kappa shape index (κ3) is 3.54. The molecule has 3 heteroatoms. The van der Waals surface area contributed by atoms with Gasteiger partial charge in [-0.05, 0) is 30.7 Å². The minimum Gasteiger partial charge on any atom is -0.338 e. The summed E-state index contributed by atoms with van der Waals surface area (Å²) in [5.74, 6) is -0.317. The molecule has 0 spiro atoms. The van der Waals surface area contributed by atoms with Crippen LogP contribution in [0.2, 0.25) is 0 Å². The van der Waals surface area contributed by atoms with Crippen molar-refractivity contribution in [2.24, 2.45) is 0 Å². The van der Waals surface area contributed by atoms with Crippen LogP contribution >= 0.6 is 0 Å². The van der Waals surface area contributed by atoms with Gasteiger partial charge in [0.25, 0.3) is 0 Å². The van der Waals surface area contributed by atoms with E-state index in [0.717, 1.165) is 5.56 Å². The topological polar surface area (TPSA) is 20.3 Å². The van der Waals surface area contributed by atoms with Gasteiger partial charge in [-0.2, -0.15) is 0 Å². The molecule has 0 aliphatic carbocycles. The van der Waals surface area contributed by atoms with Crippen LogP contribution < -0.4 is 0 Å². The number of allylic oxidation sites excluding steroid dienone is 1. The predicted molar refractivity (Wildman–Crippen MR) is 57.7 cm³/mol. The molecule has 0 bridgehead atoms. The highest BCUT2D eigenvalue weighted by Crippen LogP contribution is 2.05. The van der Waals surface area contributed by atoms with Crippen molar-refractivity contribution in [3.05, 3.63) is 47.8 Å². The van der Waals surface area contributed by atoms with E-state index in [0.29, 0.717) is 6.54 Å². The van der Waals surface area contributed by atoms with Crippen molar-refractivity contribution in [2.75, 3.05) is 7.05 Å². The third-order valence-corrected chi connectivity index (χ3v) is 2.02. The van der Waals surface area contributed by atoms with E-state index in [4.69, 9.17) is 0 Å². The number of amides is 1. The lowest BCUT2D eigenvalue weighted by atomic mass is 10.2. The number of nitrogens with zero attached hydrogens (tertiary/aromatic N) is 1. The molecule has 2 nitrogen and oxygen atoms in total. The molecule has 0 radical (unpaired) electrons. The maximum atomic E-state index is 12.6. The van der Waals surface area contributed by atoms with Crippen LogP contribution in [0.25, 0.3) is 0 Å². The summed E-state index contributed by atoms with van der Waals surface area (Å²) in [5.41, 5.74) is 0.914. The fraction of sp³-hybridized carbons (Fsp3) is 0.250. The zero-order chi connectivity index (χ0) is 11.3. The van der Waals surface area contributed by atoms with Gasteiger partial charge in [0.2, 0.25) is 5.91 Å². The molecule has 1 rings (SSSR count). The van der Waals surface area contributed by atoms with Gasteiger partial charge in [0.05, 0.1) is 0 Å². The number of carbonyl (C=O) groups is 1. The first kappa shape index (κ1) is 11.4. The molecule has 0 aromatic heterocycles. The van der Waals surface area contributed by atoms with Gasteiger partial charge in [-0.15, -0.1) is 0 Å². The fourth-order valence-electron chi connectivity index (χ4n) is 1.21. The van der Waals surface area contributed by atoms with Gasteiger partial charge in [0.1, 0.15) is 5.82 Å². The average molecular weight is 207 g/mol. The molecule has 0 saturated carbocycles. The van der Waals surface area contributed by atoms with Crippen molar-refractivity contribution in [3.8, 4) is 0 Å². The van der Waals surface area contributed by atoms with Crippen LogP contribution in [-0.2, 0) is 11.3 Å². The van der Waals surface area contributed by atoms with Gasteiger partial charge in [-0.1, -0.05) is 18.2 Å². The number of hydrogen-bond acceptors (Lipinski definition) is 1. The van der Waals surface area contributed by atoms with Crippen LogP contribution in [-0.4, -0.2) is 17.9 Å². The molecule has 1 aromatic rings. The molecule has 0 saturated heterocycles. The van der Waals surface area contributed by atoms with Crippen LogP contribution in [0.4, 0.5) is 4.39 Å².